The number of aliphatic hydroxyl groups is 1. The number of nitrogens with zero attached hydrogens (tertiary/aromatic N) is 1. The van der Waals surface area contributed by atoms with Gasteiger partial charge in [0.15, 0.2) is 5.78 Å². The summed E-state index contributed by atoms with van der Waals surface area (Å²) in [5, 5.41) is 9.01. The van der Waals surface area contributed by atoms with Crippen LogP contribution in [0.1, 0.15) is 40.7 Å². The molecule has 106 valence electrons. The number of aryl methyl sites for hydroxylation is 1. The fourth-order valence-electron chi connectivity index (χ4n) is 2.71. The quantitative estimate of drug-likeness (QED) is 0.815. The van der Waals surface area contributed by atoms with Gasteiger partial charge in [-0.2, -0.15) is 0 Å². The van der Waals surface area contributed by atoms with Crippen LogP contribution in [-0.2, 0) is 6.42 Å². The highest BCUT2D eigenvalue weighted by Gasteiger charge is 2.22. The molecule has 1 aliphatic heterocycles. The molecule has 1 aliphatic rings. The molecule has 1 aromatic heterocycles. The Morgan fingerprint density at radius 2 is 2.37 bits per heavy atom. The highest BCUT2D eigenvalue weighted by molar-refractivity contribution is 7.14. The Balaban J connectivity index is 1.87. The van der Waals surface area contributed by atoms with E-state index in [2.05, 4.69) is 17.9 Å². The predicted octanol–water partition coefficient (Wildman–Crippen LogP) is 2.59. The lowest BCUT2D eigenvalue weighted by Crippen LogP contribution is -2.38. The maximum atomic E-state index is 12.2. The number of Topliss-reactive ketones (excluding diaryl/α,β-unsaturated/α-hetero) is 1. The van der Waals surface area contributed by atoms with Crippen LogP contribution in [-0.4, -0.2) is 42.0 Å². The third kappa shape index (κ3) is 4.13. The van der Waals surface area contributed by atoms with E-state index in [-0.39, 0.29) is 12.4 Å². The van der Waals surface area contributed by atoms with E-state index in [1.807, 2.05) is 6.07 Å². The first-order valence-corrected chi connectivity index (χ1v) is 7.99. The van der Waals surface area contributed by atoms with Gasteiger partial charge < -0.3 is 5.11 Å². The van der Waals surface area contributed by atoms with Crippen LogP contribution < -0.4 is 0 Å². The van der Waals surface area contributed by atoms with Gasteiger partial charge in [0.25, 0.3) is 0 Å². The van der Waals surface area contributed by atoms with E-state index in [1.165, 1.54) is 11.3 Å². The molecule has 1 unspecified atom stereocenters. The minimum atomic E-state index is 0.245. The van der Waals surface area contributed by atoms with Crippen molar-refractivity contribution >= 4 is 17.1 Å². The molecule has 1 aromatic rings. The average Bonchev–Trinajstić information content (AvgIpc) is 2.88. The van der Waals surface area contributed by atoms with Gasteiger partial charge >= 0.3 is 0 Å². The van der Waals surface area contributed by atoms with Gasteiger partial charge in [-0.05, 0) is 50.3 Å². The third-order valence-corrected chi connectivity index (χ3v) is 5.06. The molecule has 3 nitrogen and oxygen atoms in total. The van der Waals surface area contributed by atoms with Crippen LogP contribution in [0.5, 0.6) is 0 Å². The summed E-state index contributed by atoms with van der Waals surface area (Å²) in [5.74, 6) is 0.801. The number of carbonyl (C=O) groups excluding carboxylic acids is 1. The highest BCUT2D eigenvalue weighted by Crippen LogP contribution is 2.21. The second-order valence-corrected chi connectivity index (χ2v) is 6.47. The largest absolute Gasteiger partial charge is 0.396 e. The first kappa shape index (κ1) is 14.7. The zero-order valence-corrected chi connectivity index (χ0v) is 12.4. The Bertz CT molecular complexity index is 414. The zero-order valence-electron chi connectivity index (χ0n) is 11.6. The Morgan fingerprint density at radius 3 is 3.05 bits per heavy atom. The van der Waals surface area contributed by atoms with E-state index >= 15 is 0 Å². The van der Waals surface area contributed by atoms with Crippen LogP contribution in [0.25, 0.3) is 0 Å². The maximum Gasteiger partial charge on any atom is 0.186 e. The summed E-state index contributed by atoms with van der Waals surface area (Å²) in [4.78, 5) is 16.6. The lowest BCUT2D eigenvalue weighted by atomic mass is 9.95. The fraction of sp³-hybridized carbons (Fsp3) is 0.667. The molecule has 1 atom stereocenters. The number of ketones is 1. The van der Waals surface area contributed by atoms with E-state index in [0.29, 0.717) is 12.5 Å². The van der Waals surface area contributed by atoms with Crippen molar-refractivity contribution in [2.24, 2.45) is 5.92 Å². The van der Waals surface area contributed by atoms with Crippen LogP contribution in [0.4, 0.5) is 0 Å². The Morgan fingerprint density at radius 1 is 1.53 bits per heavy atom. The van der Waals surface area contributed by atoms with Gasteiger partial charge in [0.2, 0.25) is 0 Å². The van der Waals surface area contributed by atoms with E-state index in [9.17, 15) is 4.79 Å². The van der Waals surface area contributed by atoms with Gasteiger partial charge in [0.05, 0.1) is 11.4 Å². The number of hydrogen-bond acceptors (Lipinski definition) is 4. The highest BCUT2D eigenvalue weighted by atomic mass is 32.1. The first-order valence-electron chi connectivity index (χ1n) is 7.18. The average molecular weight is 281 g/mol. The number of carbonyl (C=O) groups is 1. The minimum absolute atomic E-state index is 0.245. The normalized spacial score (nSPS) is 20.6. The van der Waals surface area contributed by atoms with E-state index in [4.69, 9.17) is 5.11 Å². The van der Waals surface area contributed by atoms with Crippen molar-refractivity contribution in [3.8, 4) is 0 Å². The summed E-state index contributed by atoms with van der Waals surface area (Å²) in [7, 11) is 0. The second kappa shape index (κ2) is 7.17. The third-order valence-electron chi connectivity index (χ3n) is 3.79. The summed E-state index contributed by atoms with van der Waals surface area (Å²) in [5.41, 5.74) is 0. The van der Waals surface area contributed by atoms with Crippen molar-refractivity contribution in [2.75, 3.05) is 26.2 Å². The lowest BCUT2D eigenvalue weighted by molar-refractivity contribution is 0.0875. The summed E-state index contributed by atoms with van der Waals surface area (Å²) in [6.07, 6.45) is 4.19. The van der Waals surface area contributed by atoms with Gasteiger partial charge in [0, 0.05) is 18.0 Å². The topological polar surface area (TPSA) is 40.5 Å². The molecule has 2 heterocycles. The molecule has 0 bridgehead atoms. The van der Waals surface area contributed by atoms with Crippen molar-refractivity contribution in [1.29, 1.82) is 0 Å². The predicted molar refractivity (Wildman–Crippen MR) is 78.9 cm³/mol. The van der Waals surface area contributed by atoms with E-state index in [0.717, 1.165) is 37.2 Å². The van der Waals surface area contributed by atoms with Crippen LogP contribution in [0, 0.1) is 5.92 Å². The van der Waals surface area contributed by atoms with Crippen LogP contribution in [0.2, 0.25) is 0 Å². The van der Waals surface area contributed by atoms with Crippen molar-refractivity contribution in [1.82, 2.24) is 4.90 Å². The van der Waals surface area contributed by atoms with Gasteiger partial charge in [-0.1, -0.05) is 6.92 Å². The molecular weight excluding hydrogens is 258 g/mol. The van der Waals surface area contributed by atoms with Crippen LogP contribution in [0.15, 0.2) is 12.1 Å². The summed E-state index contributed by atoms with van der Waals surface area (Å²) in [6, 6.07) is 4.02. The number of thiophene rings is 1. The van der Waals surface area contributed by atoms with Crippen LogP contribution >= 0.6 is 11.3 Å². The Hall–Kier alpha value is -0.710. The van der Waals surface area contributed by atoms with Crippen molar-refractivity contribution < 1.29 is 9.90 Å². The molecule has 0 aromatic carbocycles. The Labute approximate surface area is 119 Å². The first-order chi connectivity index (χ1) is 9.22. The number of rotatable bonds is 6. The van der Waals surface area contributed by atoms with E-state index in [1.54, 1.807) is 11.3 Å². The SMILES string of the molecule is CCc1ccc(C(=O)CN2CCCC(CCO)C2)s1. The molecule has 1 saturated heterocycles. The van der Waals surface area contributed by atoms with Crippen molar-refractivity contribution in [2.45, 2.75) is 32.6 Å². The fourth-order valence-corrected chi connectivity index (χ4v) is 3.59. The molecule has 0 radical (unpaired) electrons. The molecule has 0 spiro atoms. The smallest absolute Gasteiger partial charge is 0.186 e. The monoisotopic (exact) mass is 281 g/mol. The lowest BCUT2D eigenvalue weighted by Gasteiger charge is -2.31. The minimum Gasteiger partial charge on any atom is -0.396 e. The van der Waals surface area contributed by atoms with Crippen LogP contribution in [0.3, 0.4) is 0 Å². The molecular formula is C15H23NO2S. The molecule has 4 heteroatoms. The number of likely N-dealkylation sites (tertiary alicyclic amines) is 1. The zero-order chi connectivity index (χ0) is 13.7. The molecule has 0 aliphatic carbocycles. The maximum absolute atomic E-state index is 12.2. The van der Waals surface area contributed by atoms with E-state index < -0.39 is 0 Å². The van der Waals surface area contributed by atoms with Crippen molar-refractivity contribution in [3.05, 3.63) is 21.9 Å². The molecule has 2 rings (SSSR count). The molecule has 1 fully saturated rings. The number of aliphatic hydroxyl groups excluding tert-OH is 1. The summed E-state index contributed by atoms with van der Waals surface area (Å²) in [6.45, 7) is 4.88. The standard InChI is InChI=1S/C15H23NO2S/c1-2-13-5-6-15(19-13)14(18)11-16-8-3-4-12(10-16)7-9-17/h5-6,12,17H,2-4,7-11H2,1H3. The van der Waals surface area contributed by atoms with Gasteiger partial charge in [-0.25, -0.2) is 0 Å². The molecule has 0 saturated carbocycles. The number of piperidine rings is 1. The van der Waals surface area contributed by atoms with Crippen molar-refractivity contribution in [3.63, 3.8) is 0 Å². The summed E-state index contributed by atoms with van der Waals surface area (Å²) < 4.78 is 0. The van der Waals surface area contributed by atoms with Gasteiger partial charge in [-0.3, -0.25) is 9.69 Å². The Kier molecular flexibility index (Phi) is 5.55. The summed E-state index contributed by atoms with van der Waals surface area (Å²) >= 11 is 1.62. The molecule has 1 N–H and O–H groups in total. The molecule has 19 heavy (non-hydrogen) atoms. The molecule has 0 amide bonds. The number of hydrogen-bond donors (Lipinski definition) is 1. The van der Waals surface area contributed by atoms with Gasteiger partial charge in [-0.15, -0.1) is 11.3 Å². The van der Waals surface area contributed by atoms with Gasteiger partial charge in [0.1, 0.15) is 0 Å². The second-order valence-electron chi connectivity index (χ2n) is 5.30.